The molecule has 1 saturated carbocycles. The lowest BCUT2D eigenvalue weighted by Gasteiger charge is -2.21. The summed E-state index contributed by atoms with van der Waals surface area (Å²) in [5.74, 6) is 0.0472. The number of anilines is 2. The molecule has 0 radical (unpaired) electrons. The maximum absolute atomic E-state index is 12.1. The van der Waals surface area contributed by atoms with E-state index in [0.29, 0.717) is 18.2 Å². The molecule has 1 aliphatic rings. The summed E-state index contributed by atoms with van der Waals surface area (Å²) in [7, 11) is 1.71. The fourth-order valence-corrected chi connectivity index (χ4v) is 2.41. The van der Waals surface area contributed by atoms with Crippen molar-refractivity contribution in [2.75, 3.05) is 37.9 Å². The molecular formula is C16H25N3O2. The number of nitrogen functional groups attached to an aromatic ring is 1. The predicted octanol–water partition coefficient (Wildman–Crippen LogP) is 2.02. The molecular weight excluding hydrogens is 266 g/mol. The fourth-order valence-electron chi connectivity index (χ4n) is 2.41. The zero-order valence-corrected chi connectivity index (χ0v) is 12.9. The Bertz CT molecular complexity index is 486. The Balaban J connectivity index is 1.80. The van der Waals surface area contributed by atoms with Crippen molar-refractivity contribution >= 4 is 17.3 Å². The molecule has 1 aliphatic carbocycles. The van der Waals surface area contributed by atoms with Gasteiger partial charge in [-0.1, -0.05) is 0 Å². The molecule has 0 aromatic heterocycles. The summed E-state index contributed by atoms with van der Waals surface area (Å²) in [6, 6.07) is 6.17. The normalized spacial score (nSPS) is 14.4. The number of aryl methyl sites for hydroxylation is 1. The molecule has 5 nitrogen and oxygen atoms in total. The van der Waals surface area contributed by atoms with E-state index in [0.717, 1.165) is 30.9 Å². The van der Waals surface area contributed by atoms with E-state index in [1.807, 2.05) is 19.1 Å². The van der Waals surface area contributed by atoms with Crippen molar-refractivity contribution in [3.63, 3.8) is 0 Å². The first-order valence-electron chi connectivity index (χ1n) is 7.49. The molecule has 0 atom stereocenters. The van der Waals surface area contributed by atoms with Gasteiger partial charge in [0.05, 0.1) is 6.61 Å². The van der Waals surface area contributed by atoms with Gasteiger partial charge in [0.1, 0.15) is 0 Å². The second-order valence-corrected chi connectivity index (χ2v) is 5.63. The quantitative estimate of drug-likeness (QED) is 0.719. The first-order valence-corrected chi connectivity index (χ1v) is 7.49. The number of methoxy groups -OCH3 is 1. The molecule has 0 aliphatic heterocycles. The maximum Gasteiger partial charge on any atom is 0.225 e. The summed E-state index contributed by atoms with van der Waals surface area (Å²) in [4.78, 5) is 14.4. The van der Waals surface area contributed by atoms with E-state index in [1.54, 1.807) is 13.2 Å². The number of hydrogen-bond acceptors (Lipinski definition) is 4. The van der Waals surface area contributed by atoms with Gasteiger partial charge in [0.2, 0.25) is 5.91 Å². The molecule has 1 aromatic carbocycles. The van der Waals surface area contributed by atoms with E-state index in [4.69, 9.17) is 10.5 Å². The lowest BCUT2D eigenvalue weighted by atomic mass is 10.1. The van der Waals surface area contributed by atoms with Crippen LogP contribution in [0.25, 0.3) is 0 Å². The minimum atomic E-state index is 0.0472. The topological polar surface area (TPSA) is 67.6 Å². The predicted molar refractivity (Wildman–Crippen MR) is 85.3 cm³/mol. The van der Waals surface area contributed by atoms with Crippen molar-refractivity contribution in [1.29, 1.82) is 0 Å². The number of amides is 1. The van der Waals surface area contributed by atoms with Gasteiger partial charge in [-0.25, -0.2) is 0 Å². The van der Waals surface area contributed by atoms with Crippen LogP contribution in [-0.4, -0.2) is 43.7 Å². The first-order chi connectivity index (χ1) is 10.1. The van der Waals surface area contributed by atoms with E-state index >= 15 is 0 Å². The molecule has 21 heavy (non-hydrogen) atoms. The van der Waals surface area contributed by atoms with Crippen LogP contribution in [0.4, 0.5) is 11.4 Å². The van der Waals surface area contributed by atoms with E-state index in [-0.39, 0.29) is 5.91 Å². The second kappa shape index (κ2) is 7.43. The molecule has 116 valence electrons. The number of hydrogen-bond donors (Lipinski definition) is 2. The van der Waals surface area contributed by atoms with Crippen molar-refractivity contribution in [1.82, 2.24) is 4.90 Å². The highest BCUT2D eigenvalue weighted by atomic mass is 16.5. The molecule has 0 saturated heterocycles. The van der Waals surface area contributed by atoms with Gasteiger partial charge in [-0.15, -0.1) is 0 Å². The average Bonchev–Trinajstić information content (AvgIpc) is 3.27. The lowest BCUT2D eigenvalue weighted by Crippen LogP contribution is -2.32. The zero-order valence-electron chi connectivity index (χ0n) is 12.9. The molecule has 0 heterocycles. The van der Waals surface area contributed by atoms with Crippen molar-refractivity contribution in [2.45, 2.75) is 32.2 Å². The third kappa shape index (κ3) is 5.02. The van der Waals surface area contributed by atoms with Crippen LogP contribution in [-0.2, 0) is 9.53 Å². The Morgan fingerprint density at radius 3 is 2.81 bits per heavy atom. The third-order valence-corrected chi connectivity index (χ3v) is 3.80. The van der Waals surface area contributed by atoms with E-state index in [9.17, 15) is 4.79 Å². The van der Waals surface area contributed by atoms with Gasteiger partial charge in [0.25, 0.3) is 0 Å². The van der Waals surface area contributed by atoms with Crippen molar-refractivity contribution < 1.29 is 9.53 Å². The Hall–Kier alpha value is -1.59. The molecule has 1 fully saturated rings. The SMILES string of the molecule is COCCN(CCC(=O)Nc1ccc(N)cc1C)C1CC1. The molecule has 1 amide bonds. The molecule has 0 bridgehead atoms. The Morgan fingerprint density at radius 2 is 2.19 bits per heavy atom. The van der Waals surface area contributed by atoms with Crippen molar-refractivity contribution in [2.24, 2.45) is 0 Å². The van der Waals surface area contributed by atoms with E-state index in [1.165, 1.54) is 12.8 Å². The number of nitrogens with two attached hydrogens (primary N) is 1. The van der Waals surface area contributed by atoms with Gasteiger partial charge < -0.3 is 15.8 Å². The second-order valence-electron chi connectivity index (χ2n) is 5.63. The first kappa shape index (κ1) is 15.8. The van der Waals surface area contributed by atoms with Crippen LogP contribution >= 0.6 is 0 Å². The van der Waals surface area contributed by atoms with E-state index in [2.05, 4.69) is 10.2 Å². The number of benzene rings is 1. The van der Waals surface area contributed by atoms with Gasteiger partial charge >= 0.3 is 0 Å². The van der Waals surface area contributed by atoms with Crippen molar-refractivity contribution in [3.05, 3.63) is 23.8 Å². The maximum atomic E-state index is 12.1. The van der Waals surface area contributed by atoms with Gasteiger partial charge in [-0.05, 0) is 43.5 Å². The fraction of sp³-hybridized carbons (Fsp3) is 0.562. The van der Waals surface area contributed by atoms with Crippen LogP contribution in [0, 0.1) is 6.92 Å². The van der Waals surface area contributed by atoms with Crippen LogP contribution in [0.1, 0.15) is 24.8 Å². The Morgan fingerprint density at radius 1 is 1.43 bits per heavy atom. The summed E-state index contributed by atoms with van der Waals surface area (Å²) >= 11 is 0. The molecule has 5 heteroatoms. The van der Waals surface area contributed by atoms with Gasteiger partial charge in [0.15, 0.2) is 0 Å². The third-order valence-electron chi connectivity index (χ3n) is 3.80. The smallest absolute Gasteiger partial charge is 0.225 e. The minimum absolute atomic E-state index is 0.0472. The Kier molecular flexibility index (Phi) is 5.59. The number of rotatable bonds is 8. The largest absolute Gasteiger partial charge is 0.399 e. The van der Waals surface area contributed by atoms with Crippen LogP contribution in [0.2, 0.25) is 0 Å². The van der Waals surface area contributed by atoms with Crippen LogP contribution < -0.4 is 11.1 Å². The standard InChI is InChI=1S/C16H25N3O2/c1-12-11-13(17)3-6-15(12)18-16(20)7-8-19(9-10-21-2)14-4-5-14/h3,6,11,14H,4-5,7-10,17H2,1-2H3,(H,18,20). The summed E-state index contributed by atoms with van der Waals surface area (Å²) in [5, 5.41) is 2.96. The number of ether oxygens (including phenoxy) is 1. The number of carbonyl (C=O) groups is 1. The number of carbonyl (C=O) groups excluding carboxylic acids is 1. The highest BCUT2D eigenvalue weighted by Crippen LogP contribution is 2.26. The zero-order chi connectivity index (χ0) is 15.2. The molecule has 0 unspecified atom stereocenters. The van der Waals surface area contributed by atoms with Crippen LogP contribution in [0.5, 0.6) is 0 Å². The summed E-state index contributed by atoms with van der Waals surface area (Å²) in [6.45, 7) is 4.35. The lowest BCUT2D eigenvalue weighted by molar-refractivity contribution is -0.116. The monoisotopic (exact) mass is 291 g/mol. The van der Waals surface area contributed by atoms with E-state index < -0.39 is 0 Å². The van der Waals surface area contributed by atoms with Crippen LogP contribution in [0.15, 0.2) is 18.2 Å². The summed E-state index contributed by atoms with van der Waals surface area (Å²) in [5.41, 5.74) is 8.25. The highest BCUT2D eigenvalue weighted by Gasteiger charge is 2.28. The molecule has 1 aromatic rings. The van der Waals surface area contributed by atoms with Gasteiger partial charge in [-0.2, -0.15) is 0 Å². The Labute approximate surface area is 126 Å². The van der Waals surface area contributed by atoms with Gasteiger partial charge in [-0.3, -0.25) is 9.69 Å². The highest BCUT2D eigenvalue weighted by molar-refractivity contribution is 5.91. The average molecular weight is 291 g/mol. The summed E-state index contributed by atoms with van der Waals surface area (Å²) < 4.78 is 5.13. The summed E-state index contributed by atoms with van der Waals surface area (Å²) in [6.07, 6.45) is 2.98. The minimum Gasteiger partial charge on any atom is -0.399 e. The van der Waals surface area contributed by atoms with Crippen LogP contribution in [0.3, 0.4) is 0 Å². The molecule has 3 N–H and O–H groups in total. The number of nitrogens with one attached hydrogen (secondary N) is 1. The van der Waals surface area contributed by atoms with Crippen molar-refractivity contribution in [3.8, 4) is 0 Å². The number of nitrogens with zero attached hydrogens (tertiary/aromatic N) is 1. The molecule has 0 spiro atoms. The van der Waals surface area contributed by atoms with Gasteiger partial charge in [0, 0.05) is 44.0 Å². The molecule has 2 rings (SSSR count).